The second-order valence-electron chi connectivity index (χ2n) is 2.61. The lowest BCUT2D eigenvalue weighted by molar-refractivity contribution is 0.0964. The first kappa shape index (κ1) is 8.19. The number of carbonyl (C=O) groups is 1. The Morgan fingerprint density at radius 1 is 1.54 bits per heavy atom. The van der Waals surface area contributed by atoms with Gasteiger partial charge >= 0.3 is 0 Å². The Labute approximate surface area is 79.4 Å². The van der Waals surface area contributed by atoms with Gasteiger partial charge in [-0.2, -0.15) is 0 Å². The van der Waals surface area contributed by atoms with Crippen LogP contribution in [0.25, 0.3) is 10.1 Å². The number of hydrogen-bond donors (Lipinski definition) is 1. The van der Waals surface area contributed by atoms with Crippen molar-refractivity contribution in [1.82, 2.24) is 10.3 Å². The third-order valence-corrected chi connectivity index (χ3v) is 2.79. The molecule has 13 heavy (non-hydrogen) atoms. The summed E-state index contributed by atoms with van der Waals surface area (Å²) in [6.07, 6.45) is 3.36. The summed E-state index contributed by atoms with van der Waals surface area (Å²) in [5.74, 6) is -0.0828. The Morgan fingerprint density at radius 2 is 2.38 bits per heavy atom. The number of thiophene rings is 1. The number of nitrogens with zero attached hydrogens (tertiary/aromatic N) is 1. The number of fused-ring (bicyclic) bond motifs is 1. The van der Waals surface area contributed by atoms with Gasteiger partial charge in [-0.15, -0.1) is 11.3 Å². The predicted molar refractivity (Wildman–Crippen MR) is 53.0 cm³/mol. The Hall–Kier alpha value is -1.42. The number of aromatic nitrogens is 1. The number of rotatable bonds is 1. The van der Waals surface area contributed by atoms with Gasteiger partial charge in [-0.1, -0.05) is 0 Å². The molecule has 0 aliphatic rings. The van der Waals surface area contributed by atoms with E-state index >= 15 is 0 Å². The monoisotopic (exact) mass is 192 g/mol. The number of amides is 1. The zero-order chi connectivity index (χ0) is 9.26. The highest BCUT2D eigenvalue weighted by molar-refractivity contribution is 7.17. The van der Waals surface area contributed by atoms with Crippen LogP contribution in [0, 0.1) is 0 Å². The van der Waals surface area contributed by atoms with Crippen molar-refractivity contribution < 1.29 is 4.79 Å². The van der Waals surface area contributed by atoms with Crippen LogP contribution in [0.2, 0.25) is 0 Å². The van der Waals surface area contributed by atoms with Crippen molar-refractivity contribution in [3.63, 3.8) is 0 Å². The van der Waals surface area contributed by atoms with Crippen LogP contribution in [0.1, 0.15) is 10.4 Å². The van der Waals surface area contributed by atoms with Gasteiger partial charge in [0.2, 0.25) is 0 Å². The Balaban J connectivity index is 2.67. The minimum absolute atomic E-state index is 0.0828. The molecular weight excluding hydrogens is 184 g/mol. The quantitative estimate of drug-likeness (QED) is 0.746. The average Bonchev–Trinajstić information content (AvgIpc) is 2.63. The molecule has 0 fully saturated rings. The molecule has 1 N–H and O–H groups in total. The van der Waals surface area contributed by atoms with E-state index in [1.807, 2.05) is 11.4 Å². The molecule has 0 radical (unpaired) electrons. The molecule has 2 aromatic heterocycles. The molecule has 0 saturated heterocycles. The lowest BCUT2D eigenvalue weighted by Gasteiger charge is -1.99. The Kier molecular flexibility index (Phi) is 1.98. The van der Waals surface area contributed by atoms with E-state index in [-0.39, 0.29) is 5.91 Å². The average molecular weight is 192 g/mol. The van der Waals surface area contributed by atoms with Crippen LogP contribution in [0.4, 0.5) is 0 Å². The summed E-state index contributed by atoms with van der Waals surface area (Å²) >= 11 is 1.56. The van der Waals surface area contributed by atoms with Gasteiger partial charge in [-0.05, 0) is 11.4 Å². The SMILES string of the molecule is CNC(=O)c1cncc2ccsc12. The largest absolute Gasteiger partial charge is 0.355 e. The molecule has 0 atom stereocenters. The van der Waals surface area contributed by atoms with Crippen LogP contribution in [0.15, 0.2) is 23.8 Å². The molecule has 2 aromatic rings. The molecule has 0 aromatic carbocycles. The number of pyridine rings is 1. The molecule has 0 spiro atoms. The van der Waals surface area contributed by atoms with E-state index in [0.717, 1.165) is 10.1 Å². The fourth-order valence-corrected chi connectivity index (χ4v) is 2.07. The molecule has 0 aliphatic heterocycles. The van der Waals surface area contributed by atoms with Crippen LogP contribution in [0.3, 0.4) is 0 Å². The summed E-state index contributed by atoms with van der Waals surface area (Å²) in [5, 5.41) is 5.57. The van der Waals surface area contributed by atoms with Crippen LogP contribution >= 0.6 is 11.3 Å². The summed E-state index contributed by atoms with van der Waals surface area (Å²) in [5.41, 5.74) is 0.648. The molecule has 0 aliphatic carbocycles. The molecule has 0 saturated carbocycles. The molecule has 2 rings (SSSR count). The molecule has 4 heteroatoms. The Bertz CT molecular complexity index is 450. The van der Waals surface area contributed by atoms with Crippen molar-refractivity contribution in [2.24, 2.45) is 0 Å². The first-order chi connectivity index (χ1) is 6.33. The van der Waals surface area contributed by atoms with Gasteiger partial charge in [0.15, 0.2) is 0 Å². The minimum Gasteiger partial charge on any atom is -0.355 e. The van der Waals surface area contributed by atoms with Crippen LogP contribution in [0.5, 0.6) is 0 Å². The van der Waals surface area contributed by atoms with E-state index < -0.39 is 0 Å². The van der Waals surface area contributed by atoms with Gasteiger partial charge in [-0.25, -0.2) is 0 Å². The van der Waals surface area contributed by atoms with Crippen LogP contribution in [-0.4, -0.2) is 17.9 Å². The summed E-state index contributed by atoms with van der Waals surface area (Å²) < 4.78 is 0.995. The van der Waals surface area contributed by atoms with Gasteiger partial charge in [0.05, 0.1) is 10.3 Å². The van der Waals surface area contributed by atoms with Gasteiger partial charge < -0.3 is 5.32 Å². The van der Waals surface area contributed by atoms with Gasteiger partial charge in [0.1, 0.15) is 0 Å². The Morgan fingerprint density at radius 3 is 3.15 bits per heavy atom. The van der Waals surface area contributed by atoms with E-state index in [1.54, 1.807) is 30.8 Å². The number of nitrogens with one attached hydrogen (secondary N) is 1. The molecular formula is C9H8N2OS. The van der Waals surface area contributed by atoms with Crippen molar-refractivity contribution in [2.75, 3.05) is 7.05 Å². The fourth-order valence-electron chi connectivity index (χ4n) is 1.19. The number of carbonyl (C=O) groups excluding carboxylic acids is 1. The lowest BCUT2D eigenvalue weighted by Crippen LogP contribution is -2.17. The molecule has 3 nitrogen and oxygen atoms in total. The highest BCUT2D eigenvalue weighted by Crippen LogP contribution is 2.23. The third kappa shape index (κ3) is 1.29. The minimum atomic E-state index is -0.0828. The van der Waals surface area contributed by atoms with Crippen molar-refractivity contribution in [2.45, 2.75) is 0 Å². The van der Waals surface area contributed by atoms with E-state index in [1.165, 1.54) is 0 Å². The van der Waals surface area contributed by atoms with Crippen molar-refractivity contribution in [1.29, 1.82) is 0 Å². The van der Waals surface area contributed by atoms with E-state index in [4.69, 9.17) is 0 Å². The van der Waals surface area contributed by atoms with E-state index in [0.29, 0.717) is 5.56 Å². The van der Waals surface area contributed by atoms with Gasteiger partial charge in [0, 0.05) is 24.8 Å². The molecule has 0 unspecified atom stereocenters. The smallest absolute Gasteiger partial charge is 0.254 e. The maximum Gasteiger partial charge on any atom is 0.254 e. The molecule has 66 valence electrons. The maximum atomic E-state index is 11.4. The second-order valence-corrected chi connectivity index (χ2v) is 3.52. The van der Waals surface area contributed by atoms with Gasteiger partial charge in [0.25, 0.3) is 5.91 Å². The zero-order valence-electron chi connectivity index (χ0n) is 7.07. The zero-order valence-corrected chi connectivity index (χ0v) is 7.89. The molecule has 1 amide bonds. The normalized spacial score (nSPS) is 10.2. The molecule has 2 heterocycles. The number of hydrogen-bond acceptors (Lipinski definition) is 3. The standard InChI is InChI=1S/C9H8N2OS/c1-10-9(12)7-5-11-4-6-2-3-13-8(6)7/h2-5H,1H3,(H,10,12). The summed E-state index contributed by atoms with van der Waals surface area (Å²) in [7, 11) is 1.62. The highest BCUT2D eigenvalue weighted by atomic mass is 32.1. The van der Waals surface area contributed by atoms with Gasteiger partial charge in [-0.3, -0.25) is 9.78 Å². The lowest BCUT2D eigenvalue weighted by atomic mass is 10.2. The van der Waals surface area contributed by atoms with Crippen molar-refractivity contribution in [3.8, 4) is 0 Å². The van der Waals surface area contributed by atoms with Crippen molar-refractivity contribution in [3.05, 3.63) is 29.4 Å². The maximum absolute atomic E-state index is 11.4. The van der Waals surface area contributed by atoms with Crippen molar-refractivity contribution >= 4 is 27.3 Å². The summed E-state index contributed by atoms with van der Waals surface area (Å²) in [4.78, 5) is 15.4. The summed E-state index contributed by atoms with van der Waals surface area (Å²) in [6, 6.07) is 1.96. The summed E-state index contributed by atoms with van der Waals surface area (Å²) in [6.45, 7) is 0. The molecule has 0 bridgehead atoms. The van der Waals surface area contributed by atoms with Crippen LogP contribution in [-0.2, 0) is 0 Å². The third-order valence-electron chi connectivity index (χ3n) is 1.83. The predicted octanol–water partition coefficient (Wildman–Crippen LogP) is 1.66. The first-order valence-corrected chi connectivity index (χ1v) is 4.74. The second kappa shape index (κ2) is 3.14. The fraction of sp³-hybridized carbons (Fsp3) is 0.111. The highest BCUT2D eigenvalue weighted by Gasteiger charge is 2.08. The van der Waals surface area contributed by atoms with E-state index in [9.17, 15) is 4.79 Å². The first-order valence-electron chi connectivity index (χ1n) is 3.86. The van der Waals surface area contributed by atoms with Crippen LogP contribution < -0.4 is 5.32 Å². The van der Waals surface area contributed by atoms with E-state index in [2.05, 4.69) is 10.3 Å². The topological polar surface area (TPSA) is 42.0 Å².